The average molecular weight is 244 g/mol. The number of ether oxygens (including phenoxy) is 2. The first-order valence-corrected chi connectivity index (χ1v) is 5.17. The van der Waals surface area contributed by atoms with Crippen LogP contribution in [0.25, 0.3) is 0 Å². The highest BCUT2D eigenvalue weighted by Gasteiger charge is 2.13. The molecule has 1 unspecified atom stereocenters. The number of methoxy groups -OCH3 is 1. The Kier molecular flexibility index (Phi) is 4.58. The van der Waals surface area contributed by atoms with E-state index in [2.05, 4.69) is 0 Å². The molecule has 16 heavy (non-hydrogen) atoms. The molecule has 5 heteroatoms. The largest absolute Gasteiger partial charge is 0.459 e. The van der Waals surface area contributed by atoms with Crippen molar-refractivity contribution in [2.24, 2.45) is 0 Å². The summed E-state index contributed by atoms with van der Waals surface area (Å²) >= 11 is 5.86. The summed E-state index contributed by atoms with van der Waals surface area (Å²) in [6.45, 7) is 1.99. The number of carbonyl (C=O) groups excluding carboxylic acids is 1. The van der Waals surface area contributed by atoms with Gasteiger partial charge in [0.1, 0.15) is 6.61 Å². The lowest BCUT2D eigenvalue weighted by atomic mass is 10.2. The lowest BCUT2D eigenvalue weighted by Gasteiger charge is -2.10. The van der Waals surface area contributed by atoms with Crippen molar-refractivity contribution in [3.05, 3.63) is 28.8 Å². The van der Waals surface area contributed by atoms with Gasteiger partial charge >= 0.3 is 5.97 Å². The minimum atomic E-state index is -0.478. The van der Waals surface area contributed by atoms with Crippen LogP contribution in [-0.4, -0.2) is 25.8 Å². The molecule has 0 amide bonds. The van der Waals surface area contributed by atoms with Crippen LogP contribution >= 0.6 is 11.6 Å². The van der Waals surface area contributed by atoms with Crippen LogP contribution in [0.1, 0.15) is 17.3 Å². The smallest absolute Gasteiger partial charge is 0.339 e. The number of halogens is 1. The predicted octanol–water partition coefficient (Wildman–Crippen LogP) is 2.11. The van der Waals surface area contributed by atoms with Crippen molar-refractivity contribution in [2.75, 3.05) is 19.5 Å². The van der Waals surface area contributed by atoms with E-state index >= 15 is 0 Å². The summed E-state index contributed by atoms with van der Waals surface area (Å²) < 4.78 is 9.97. The Balaban J connectivity index is 2.66. The quantitative estimate of drug-likeness (QED) is 0.650. The van der Waals surface area contributed by atoms with E-state index in [1.807, 2.05) is 0 Å². The van der Waals surface area contributed by atoms with Gasteiger partial charge in [0.2, 0.25) is 0 Å². The minimum absolute atomic E-state index is 0.142. The number of nitrogen functional groups attached to an aromatic ring is 1. The molecule has 4 nitrogen and oxygen atoms in total. The van der Waals surface area contributed by atoms with Crippen LogP contribution in [0.2, 0.25) is 5.02 Å². The van der Waals surface area contributed by atoms with Gasteiger partial charge in [-0.1, -0.05) is 11.6 Å². The summed E-state index contributed by atoms with van der Waals surface area (Å²) in [5, 5.41) is 0.287. The zero-order valence-corrected chi connectivity index (χ0v) is 9.95. The highest BCUT2D eigenvalue weighted by molar-refractivity contribution is 6.33. The summed E-state index contributed by atoms with van der Waals surface area (Å²) in [5.41, 5.74) is 6.33. The molecular weight excluding hydrogens is 230 g/mol. The summed E-state index contributed by atoms with van der Waals surface area (Å²) in [5.74, 6) is -0.478. The Morgan fingerprint density at radius 1 is 1.56 bits per heavy atom. The first-order valence-electron chi connectivity index (χ1n) is 4.79. The lowest BCUT2D eigenvalue weighted by molar-refractivity contribution is 0.0169. The summed E-state index contributed by atoms with van der Waals surface area (Å²) in [7, 11) is 1.55. The number of esters is 1. The van der Waals surface area contributed by atoms with E-state index < -0.39 is 5.97 Å². The van der Waals surface area contributed by atoms with Crippen molar-refractivity contribution in [1.82, 2.24) is 0 Å². The molecule has 2 N–H and O–H groups in total. The first kappa shape index (κ1) is 12.8. The van der Waals surface area contributed by atoms with E-state index in [-0.39, 0.29) is 17.7 Å². The van der Waals surface area contributed by atoms with Crippen LogP contribution in [0.4, 0.5) is 5.69 Å². The summed E-state index contributed by atoms with van der Waals surface area (Å²) in [4.78, 5) is 11.6. The van der Waals surface area contributed by atoms with Crippen molar-refractivity contribution in [1.29, 1.82) is 0 Å². The average Bonchev–Trinajstić information content (AvgIpc) is 2.25. The van der Waals surface area contributed by atoms with Crippen molar-refractivity contribution in [2.45, 2.75) is 13.0 Å². The van der Waals surface area contributed by atoms with Gasteiger partial charge in [-0.05, 0) is 25.1 Å². The predicted molar refractivity (Wildman–Crippen MR) is 62.6 cm³/mol. The van der Waals surface area contributed by atoms with Crippen LogP contribution in [0, 0.1) is 0 Å². The molecule has 0 aromatic heterocycles. The van der Waals surface area contributed by atoms with Crippen LogP contribution < -0.4 is 5.73 Å². The molecule has 0 aliphatic rings. The zero-order chi connectivity index (χ0) is 12.1. The monoisotopic (exact) mass is 243 g/mol. The van der Waals surface area contributed by atoms with Crippen LogP contribution in [-0.2, 0) is 9.47 Å². The molecule has 0 spiro atoms. The van der Waals surface area contributed by atoms with E-state index in [0.717, 1.165) is 0 Å². The number of anilines is 1. The highest BCUT2D eigenvalue weighted by Crippen LogP contribution is 2.19. The molecule has 0 bridgehead atoms. The number of nitrogens with two attached hydrogens (primary N) is 1. The van der Waals surface area contributed by atoms with Crippen LogP contribution in [0.15, 0.2) is 18.2 Å². The topological polar surface area (TPSA) is 61.5 Å². The van der Waals surface area contributed by atoms with Gasteiger partial charge in [-0.3, -0.25) is 0 Å². The number of carbonyl (C=O) groups is 1. The molecule has 1 aromatic carbocycles. The van der Waals surface area contributed by atoms with Crippen LogP contribution in [0.5, 0.6) is 0 Å². The van der Waals surface area contributed by atoms with Gasteiger partial charge in [0, 0.05) is 12.8 Å². The van der Waals surface area contributed by atoms with Gasteiger partial charge in [-0.2, -0.15) is 0 Å². The van der Waals surface area contributed by atoms with Gasteiger partial charge in [0.25, 0.3) is 0 Å². The third kappa shape index (κ3) is 3.40. The molecule has 0 radical (unpaired) electrons. The number of hydrogen-bond donors (Lipinski definition) is 1. The second kappa shape index (κ2) is 5.72. The maximum Gasteiger partial charge on any atom is 0.339 e. The van der Waals surface area contributed by atoms with E-state index in [0.29, 0.717) is 11.3 Å². The Hall–Kier alpha value is -1.26. The summed E-state index contributed by atoms with van der Waals surface area (Å²) in [6.07, 6.45) is -0.142. The fraction of sp³-hybridized carbons (Fsp3) is 0.364. The van der Waals surface area contributed by atoms with E-state index in [1.54, 1.807) is 20.1 Å². The van der Waals surface area contributed by atoms with Gasteiger partial charge < -0.3 is 15.2 Å². The highest BCUT2D eigenvalue weighted by atomic mass is 35.5. The Bertz CT molecular complexity index is 381. The third-order valence-corrected chi connectivity index (χ3v) is 2.38. The molecule has 0 aliphatic carbocycles. The lowest BCUT2D eigenvalue weighted by Crippen LogP contribution is -2.17. The Morgan fingerprint density at radius 2 is 2.25 bits per heavy atom. The standard InChI is InChI=1S/C11H14ClNO3/c1-7(15-2)6-16-11(14)9-4-3-8(13)5-10(9)12/h3-5,7H,6,13H2,1-2H3. The molecule has 0 aliphatic heterocycles. The second-order valence-corrected chi connectivity index (χ2v) is 3.79. The fourth-order valence-electron chi connectivity index (χ4n) is 1.04. The van der Waals surface area contributed by atoms with Gasteiger partial charge in [0.05, 0.1) is 16.7 Å². The van der Waals surface area contributed by atoms with E-state index in [4.69, 9.17) is 26.8 Å². The first-order chi connectivity index (χ1) is 7.54. The number of benzene rings is 1. The molecule has 0 fully saturated rings. The molecule has 0 saturated heterocycles. The molecule has 0 heterocycles. The molecule has 88 valence electrons. The van der Waals surface area contributed by atoms with Gasteiger partial charge in [0.15, 0.2) is 0 Å². The maximum absolute atomic E-state index is 11.6. The van der Waals surface area contributed by atoms with E-state index in [9.17, 15) is 4.79 Å². The molecule has 0 saturated carbocycles. The van der Waals surface area contributed by atoms with Crippen molar-refractivity contribution in [3.63, 3.8) is 0 Å². The van der Waals surface area contributed by atoms with Crippen molar-refractivity contribution < 1.29 is 14.3 Å². The SMILES string of the molecule is COC(C)COC(=O)c1ccc(N)cc1Cl. The molecule has 1 rings (SSSR count). The maximum atomic E-state index is 11.6. The van der Waals surface area contributed by atoms with Crippen LogP contribution in [0.3, 0.4) is 0 Å². The van der Waals surface area contributed by atoms with Crippen molar-refractivity contribution in [3.8, 4) is 0 Å². The third-order valence-electron chi connectivity index (χ3n) is 2.06. The Morgan fingerprint density at radius 3 is 2.81 bits per heavy atom. The van der Waals surface area contributed by atoms with E-state index in [1.165, 1.54) is 12.1 Å². The molecular formula is C11H14ClNO3. The zero-order valence-electron chi connectivity index (χ0n) is 9.20. The Labute approximate surface area is 99.3 Å². The minimum Gasteiger partial charge on any atom is -0.459 e. The number of hydrogen-bond acceptors (Lipinski definition) is 4. The molecule has 1 atom stereocenters. The van der Waals surface area contributed by atoms with Gasteiger partial charge in [-0.15, -0.1) is 0 Å². The fourth-order valence-corrected chi connectivity index (χ4v) is 1.30. The van der Waals surface area contributed by atoms with Gasteiger partial charge in [-0.25, -0.2) is 4.79 Å². The summed E-state index contributed by atoms with van der Waals surface area (Å²) in [6, 6.07) is 4.65. The molecule has 1 aromatic rings. The van der Waals surface area contributed by atoms with Crippen molar-refractivity contribution >= 4 is 23.3 Å². The second-order valence-electron chi connectivity index (χ2n) is 3.38. The normalized spacial score (nSPS) is 12.2. The number of rotatable bonds is 4.